The first kappa shape index (κ1) is 14.8. The van der Waals surface area contributed by atoms with Crippen molar-refractivity contribution in [3.63, 3.8) is 0 Å². The molecule has 0 aromatic carbocycles. The average molecular weight is 273 g/mol. The van der Waals surface area contributed by atoms with Gasteiger partial charge in [0.1, 0.15) is 11.9 Å². The average Bonchev–Trinajstić information content (AvgIpc) is 2.44. The van der Waals surface area contributed by atoms with Gasteiger partial charge in [-0.15, -0.1) is 0 Å². The number of aromatic nitrogens is 1. The van der Waals surface area contributed by atoms with E-state index in [1.54, 1.807) is 0 Å². The van der Waals surface area contributed by atoms with E-state index in [2.05, 4.69) is 22.9 Å². The van der Waals surface area contributed by atoms with E-state index in [4.69, 9.17) is 4.74 Å². The van der Waals surface area contributed by atoms with Gasteiger partial charge in [0.25, 0.3) is 0 Å². The van der Waals surface area contributed by atoms with E-state index < -0.39 is 0 Å². The molecule has 0 N–H and O–H groups in total. The Kier molecular flexibility index (Phi) is 4.97. The summed E-state index contributed by atoms with van der Waals surface area (Å²) in [6, 6.07) is 4.27. The molecule has 0 radical (unpaired) electrons. The van der Waals surface area contributed by atoms with Gasteiger partial charge in [-0.25, -0.2) is 4.98 Å². The Labute approximate surface area is 121 Å². The summed E-state index contributed by atoms with van der Waals surface area (Å²) in [5.74, 6) is 0.829. The van der Waals surface area contributed by atoms with Crippen molar-refractivity contribution in [2.45, 2.75) is 46.1 Å². The largest absolute Gasteiger partial charge is 0.376 e. The maximum Gasteiger partial charge on any atom is 0.147 e. The van der Waals surface area contributed by atoms with Crippen LogP contribution in [0.3, 0.4) is 0 Å². The molecule has 0 aliphatic carbocycles. The summed E-state index contributed by atoms with van der Waals surface area (Å²) in [5.41, 5.74) is 2.67. The van der Waals surface area contributed by atoms with Crippen LogP contribution in [0.15, 0.2) is 6.07 Å². The Bertz CT molecular complexity index is 507. The second kappa shape index (κ2) is 6.71. The number of rotatable bonds is 4. The van der Waals surface area contributed by atoms with Crippen LogP contribution in [0.25, 0.3) is 0 Å². The number of nitriles is 1. The highest BCUT2D eigenvalue weighted by atomic mass is 16.5. The van der Waals surface area contributed by atoms with Crippen LogP contribution in [-0.2, 0) is 4.74 Å². The molecule has 1 saturated heterocycles. The molecule has 0 spiro atoms. The summed E-state index contributed by atoms with van der Waals surface area (Å²) in [5, 5.41) is 9.38. The van der Waals surface area contributed by atoms with Crippen LogP contribution in [0.2, 0.25) is 0 Å². The minimum atomic E-state index is 0.262. The van der Waals surface area contributed by atoms with Crippen molar-refractivity contribution in [2.24, 2.45) is 0 Å². The summed E-state index contributed by atoms with van der Waals surface area (Å²) in [6.45, 7) is 8.68. The molecule has 0 saturated carbocycles. The van der Waals surface area contributed by atoms with E-state index in [0.29, 0.717) is 5.56 Å². The third kappa shape index (κ3) is 3.29. The van der Waals surface area contributed by atoms with Crippen LogP contribution in [-0.4, -0.2) is 30.8 Å². The van der Waals surface area contributed by atoms with E-state index in [-0.39, 0.29) is 6.10 Å². The van der Waals surface area contributed by atoms with Crippen LogP contribution >= 0.6 is 0 Å². The summed E-state index contributed by atoms with van der Waals surface area (Å²) in [7, 11) is 0. The monoisotopic (exact) mass is 273 g/mol. The number of piperidine rings is 1. The molecule has 1 aliphatic rings. The number of hydrogen-bond acceptors (Lipinski definition) is 4. The Hall–Kier alpha value is -1.60. The minimum Gasteiger partial charge on any atom is -0.376 e. The summed E-state index contributed by atoms with van der Waals surface area (Å²) < 4.78 is 5.87. The lowest BCUT2D eigenvalue weighted by atomic mass is 10.1. The first-order valence-corrected chi connectivity index (χ1v) is 7.40. The molecular weight excluding hydrogens is 250 g/mol. The summed E-state index contributed by atoms with van der Waals surface area (Å²) >= 11 is 0. The van der Waals surface area contributed by atoms with E-state index in [9.17, 15) is 5.26 Å². The van der Waals surface area contributed by atoms with Gasteiger partial charge in [-0.1, -0.05) is 6.92 Å². The highest BCUT2D eigenvalue weighted by molar-refractivity contribution is 5.58. The van der Waals surface area contributed by atoms with Crippen LogP contribution in [0.4, 0.5) is 5.82 Å². The quantitative estimate of drug-likeness (QED) is 0.846. The lowest BCUT2D eigenvalue weighted by Gasteiger charge is -2.34. The zero-order chi connectivity index (χ0) is 14.5. The molecule has 0 amide bonds. The zero-order valence-corrected chi connectivity index (χ0v) is 12.6. The van der Waals surface area contributed by atoms with Crippen LogP contribution in [0, 0.1) is 25.2 Å². The Morgan fingerprint density at radius 2 is 2.30 bits per heavy atom. The fourth-order valence-electron chi connectivity index (χ4n) is 2.74. The Morgan fingerprint density at radius 3 is 3.00 bits per heavy atom. The van der Waals surface area contributed by atoms with Gasteiger partial charge in [-0.3, -0.25) is 0 Å². The second-order valence-corrected chi connectivity index (χ2v) is 5.47. The van der Waals surface area contributed by atoms with Gasteiger partial charge in [0.2, 0.25) is 0 Å². The zero-order valence-electron chi connectivity index (χ0n) is 12.6. The number of hydrogen-bond donors (Lipinski definition) is 0. The second-order valence-electron chi connectivity index (χ2n) is 5.47. The fraction of sp³-hybridized carbons (Fsp3) is 0.625. The third-order valence-electron chi connectivity index (χ3n) is 3.67. The lowest BCUT2D eigenvalue weighted by molar-refractivity contribution is 0.0439. The smallest absolute Gasteiger partial charge is 0.147 e. The van der Waals surface area contributed by atoms with Crippen molar-refractivity contribution < 1.29 is 4.74 Å². The fourth-order valence-corrected chi connectivity index (χ4v) is 2.74. The molecule has 1 unspecified atom stereocenters. The molecular formula is C16H23N3O. The van der Waals surface area contributed by atoms with Crippen molar-refractivity contribution in [2.75, 3.05) is 24.6 Å². The first-order chi connectivity index (χ1) is 9.65. The molecule has 2 rings (SSSR count). The van der Waals surface area contributed by atoms with Gasteiger partial charge in [0.05, 0.1) is 11.7 Å². The number of nitrogens with zero attached hydrogens (tertiary/aromatic N) is 3. The van der Waals surface area contributed by atoms with Crippen LogP contribution < -0.4 is 4.90 Å². The van der Waals surface area contributed by atoms with Crippen molar-refractivity contribution >= 4 is 5.82 Å². The van der Waals surface area contributed by atoms with Gasteiger partial charge in [-0.05, 0) is 44.7 Å². The summed E-state index contributed by atoms with van der Waals surface area (Å²) in [6.07, 6.45) is 3.50. The van der Waals surface area contributed by atoms with E-state index in [0.717, 1.165) is 56.0 Å². The summed E-state index contributed by atoms with van der Waals surface area (Å²) in [4.78, 5) is 6.80. The number of aryl methyl sites for hydroxylation is 2. The molecule has 20 heavy (non-hydrogen) atoms. The number of anilines is 1. The highest BCUT2D eigenvalue weighted by Gasteiger charge is 2.24. The Morgan fingerprint density at radius 1 is 1.50 bits per heavy atom. The van der Waals surface area contributed by atoms with Gasteiger partial charge < -0.3 is 9.64 Å². The number of ether oxygens (including phenoxy) is 1. The van der Waals surface area contributed by atoms with E-state index in [1.807, 2.05) is 19.9 Å². The number of pyridine rings is 1. The maximum atomic E-state index is 9.38. The van der Waals surface area contributed by atoms with Crippen molar-refractivity contribution in [1.29, 1.82) is 5.26 Å². The van der Waals surface area contributed by atoms with Gasteiger partial charge in [0, 0.05) is 25.4 Å². The topological polar surface area (TPSA) is 49.1 Å². The van der Waals surface area contributed by atoms with Gasteiger partial charge >= 0.3 is 0 Å². The highest BCUT2D eigenvalue weighted by Crippen LogP contribution is 2.25. The molecule has 4 heteroatoms. The molecule has 1 aromatic heterocycles. The normalized spacial score (nSPS) is 18.9. The van der Waals surface area contributed by atoms with Crippen LogP contribution in [0.5, 0.6) is 0 Å². The van der Waals surface area contributed by atoms with E-state index >= 15 is 0 Å². The molecule has 4 nitrogen and oxygen atoms in total. The third-order valence-corrected chi connectivity index (χ3v) is 3.67. The Balaban J connectivity index is 2.20. The van der Waals surface area contributed by atoms with Crippen molar-refractivity contribution in [3.8, 4) is 6.07 Å². The molecule has 2 heterocycles. The molecule has 108 valence electrons. The molecule has 1 atom stereocenters. The minimum absolute atomic E-state index is 0.262. The maximum absolute atomic E-state index is 9.38. The lowest BCUT2D eigenvalue weighted by Crippen LogP contribution is -2.40. The van der Waals surface area contributed by atoms with E-state index in [1.165, 1.54) is 0 Å². The standard InChI is InChI=1S/C16H23N3O/c1-4-8-20-14-6-5-7-19(11-14)16-15(10-17)12(2)9-13(3)18-16/h9,14H,4-8,11H2,1-3H3. The first-order valence-electron chi connectivity index (χ1n) is 7.40. The predicted molar refractivity (Wildman–Crippen MR) is 79.9 cm³/mol. The molecule has 0 bridgehead atoms. The van der Waals surface area contributed by atoms with Crippen molar-refractivity contribution in [1.82, 2.24) is 4.98 Å². The van der Waals surface area contributed by atoms with Gasteiger partial charge in [0.15, 0.2) is 0 Å². The predicted octanol–water partition coefficient (Wildman–Crippen LogP) is 2.97. The van der Waals surface area contributed by atoms with Crippen LogP contribution in [0.1, 0.15) is 43.0 Å². The molecule has 1 aromatic rings. The molecule has 1 fully saturated rings. The van der Waals surface area contributed by atoms with Crippen molar-refractivity contribution in [3.05, 3.63) is 22.9 Å². The van der Waals surface area contributed by atoms with Gasteiger partial charge in [-0.2, -0.15) is 5.26 Å². The molecule has 1 aliphatic heterocycles. The SMILES string of the molecule is CCCOC1CCCN(c2nc(C)cc(C)c2C#N)C1.